The van der Waals surface area contributed by atoms with Crippen LogP contribution in [0.25, 0.3) is 22.3 Å². The predicted octanol–water partition coefficient (Wildman–Crippen LogP) is 8.08. The van der Waals surface area contributed by atoms with Crippen molar-refractivity contribution < 1.29 is 40.7 Å². The molecule has 0 heterocycles. The summed E-state index contributed by atoms with van der Waals surface area (Å²) in [6.45, 7) is 0. The Hall–Kier alpha value is -4.40. The van der Waals surface area contributed by atoms with Gasteiger partial charge in [-0.1, -0.05) is 60.7 Å². The Bertz CT molecular complexity index is 1480. The molecule has 0 N–H and O–H groups in total. The van der Waals surface area contributed by atoms with E-state index in [4.69, 9.17) is 4.74 Å². The molecule has 3 nitrogen and oxygen atoms in total. The number of benzene rings is 4. The van der Waals surface area contributed by atoms with Gasteiger partial charge in [-0.3, -0.25) is 4.79 Å². The Morgan fingerprint density at radius 1 is 0.605 bits per heavy atom. The van der Waals surface area contributed by atoms with Gasteiger partial charge in [0, 0.05) is 11.1 Å². The molecule has 0 saturated carbocycles. The fraction of sp³-hybridized carbons (Fsp3) is 0.103. The standard InChI is InChI=1S/C29H18F6O3/c1-38-27(37)25-16-19(10-15-23(25)18-8-13-21(14-9-18)29(33,34)35)26(36)24-5-3-2-4-22(24)17-6-11-20(12-7-17)28(30,31)32/h2-16H,1H3. The van der Waals surface area contributed by atoms with Gasteiger partial charge in [0.1, 0.15) is 0 Å². The van der Waals surface area contributed by atoms with Crippen molar-refractivity contribution in [1.82, 2.24) is 0 Å². The van der Waals surface area contributed by atoms with Gasteiger partial charge >= 0.3 is 18.3 Å². The van der Waals surface area contributed by atoms with E-state index in [1.807, 2.05) is 0 Å². The van der Waals surface area contributed by atoms with Gasteiger partial charge in [0.05, 0.1) is 23.8 Å². The van der Waals surface area contributed by atoms with E-state index in [0.29, 0.717) is 16.7 Å². The molecular formula is C29H18F6O3. The molecule has 194 valence electrons. The lowest BCUT2D eigenvalue weighted by atomic mass is 9.91. The Balaban J connectivity index is 1.74. The number of carbonyl (C=O) groups excluding carboxylic acids is 2. The van der Waals surface area contributed by atoms with Crippen LogP contribution in [0.15, 0.2) is 91.0 Å². The topological polar surface area (TPSA) is 43.4 Å². The van der Waals surface area contributed by atoms with Crippen molar-refractivity contribution >= 4 is 11.8 Å². The monoisotopic (exact) mass is 528 g/mol. The second-order valence-corrected chi connectivity index (χ2v) is 8.28. The van der Waals surface area contributed by atoms with Crippen LogP contribution in [0.5, 0.6) is 0 Å². The number of carbonyl (C=O) groups is 2. The number of methoxy groups -OCH3 is 1. The Morgan fingerprint density at radius 3 is 1.55 bits per heavy atom. The van der Waals surface area contributed by atoms with Crippen molar-refractivity contribution in [2.75, 3.05) is 7.11 Å². The van der Waals surface area contributed by atoms with Crippen molar-refractivity contribution in [3.05, 3.63) is 119 Å². The number of hydrogen-bond donors (Lipinski definition) is 0. The summed E-state index contributed by atoms with van der Waals surface area (Å²) in [5.41, 5.74) is -0.107. The second-order valence-electron chi connectivity index (χ2n) is 8.28. The van der Waals surface area contributed by atoms with E-state index in [1.54, 1.807) is 18.2 Å². The quantitative estimate of drug-likeness (QED) is 0.149. The van der Waals surface area contributed by atoms with Gasteiger partial charge in [-0.2, -0.15) is 26.3 Å². The Labute approximate surface area is 213 Å². The summed E-state index contributed by atoms with van der Waals surface area (Å²) in [6, 6.07) is 19.0. The number of halogens is 6. The minimum absolute atomic E-state index is 0.0369. The molecule has 0 saturated heterocycles. The normalized spacial score (nSPS) is 11.8. The van der Waals surface area contributed by atoms with Crippen molar-refractivity contribution in [3.63, 3.8) is 0 Å². The van der Waals surface area contributed by atoms with Crippen molar-refractivity contribution in [1.29, 1.82) is 0 Å². The van der Waals surface area contributed by atoms with Gasteiger partial charge < -0.3 is 4.74 Å². The van der Waals surface area contributed by atoms with Crippen LogP contribution in [-0.4, -0.2) is 18.9 Å². The first-order valence-electron chi connectivity index (χ1n) is 11.1. The minimum atomic E-state index is -4.53. The molecule has 0 aliphatic carbocycles. The van der Waals surface area contributed by atoms with Crippen LogP contribution in [0.4, 0.5) is 26.3 Å². The summed E-state index contributed by atoms with van der Waals surface area (Å²) in [6.07, 6.45) is -9.03. The lowest BCUT2D eigenvalue weighted by Gasteiger charge is -2.14. The molecule has 0 atom stereocenters. The summed E-state index contributed by atoms with van der Waals surface area (Å²) >= 11 is 0. The molecule has 4 rings (SSSR count). The molecule has 4 aromatic rings. The van der Waals surface area contributed by atoms with Crippen LogP contribution < -0.4 is 0 Å². The summed E-state index contributed by atoms with van der Waals surface area (Å²) in [4.78, 5) is 26.0. The first kappa shape index (κ1) is 26.7. The van der Waals surface area contributed by atoms with E-state index >= 15 is 0 Å². The molecule has 0 spiro atoms. The third-order valence-electron chi connectivity index (χ3n) is 5.91. The highest BCUT2D eigenvalue weighted by Crippen LogP contribution is 2.34. The number of alkyl halides is 6. The molecule has 4 aromatic carbocycles. The highest BCUT2D eigenvalue weighted by atomic mass is 19.4. The third-order valence-corrected chi connectivity index (χ3v) is 5.91. The summed E-state index contributed by atoms with van der Waals surface area (Å²) < 4.78 is 82.6. The lowest BCUT2D eigenvalue weighted by molar-refractivity contribution is -0.138. The number of ether oxygens (including phenoxy) is 1. The smallest absolute Gasteiger partial charge is 0.416 e. The fourth-order valence-corrected chi connectivity index (χ4v) is 3.98. The van der Waals surface area contributed by atoms with E-state index in [0.717, 1.165) is 31.4 Å². The highest BCUT2D eigenvalue weighted by Gasteiger charge is 2.31. The molecule has 0 fully saturated rings. The molecule has 0 aliphatic heterocycles. The van der Waals surface area contributed by atoms with Crippen LogP contribution in [0.3, 0.4) is 0 Å². The molecule has 9 heteroatoms. The van der Waals surface area contributed by atoms with E-state index < -0.39 is 35.2 Å². The molecular weight excluding hydrogens is 510 g/mol. The van der Waals surface area contributed by atoms with Gasteiger partial charge in [0.2, 0.25) is 0 Å². The molecule has 38 heavy (non-hydrogen) atoms. The average molecular weight is 528 g/mol. The second kappa shape index (κ2) is 10.2. The van der Waals surface area contributed by atoms with Crippen molar-refractivity contribution in [3.8, 4) is 22.3 Å². The van der Waals surface area contributed by atoms with E-state index in [-0.39, 0.29) is 22.3 Å². The fourth-order valence-electron chi connectivity index (χ4n) is 3.98. The average Bonchev–Trinajstić information content (AvgIpc) is 2.91. The van der Waals surface area contributed by atoms with Gasteiger partial charge in [-0.15, -0.1) is 0 Å². The van der Waals surface area contributed by atoms with Gasteiger partial charge in [-0.05, 0) is 52.6 Å². The number of esters is 1. The van der Waals surface area contributed by atoms with E-state index in [2.05, 4.69) is 0 Å². The van der Waals surface area contributed by atoms with Gasteiger partial charge in [0.15, 0.2) is 5.78 Å². The maximum absolute atomic E-state index is 13.5. The Morgan fingerprint density at radius 2 is 1.08 bits per heavy atom. The third kappa shape index (κ3) is 5.46. The molecule has 0 aliphatic rings. The Kier molecular flexibility index (Phi) is 7.13. The number of ketones is 1. The van der Waals surface area contributed by atoms with Crippen LogP contribution in [0.2, 0.25) is 0 Å². The first-order chi connectivity index (χ1) is 17.9. The van der Waals surface area contributed by atoms with E-state index in [1.165, 1.54) is 48.5 Å². The van der Waals surface area contributed by atoms with Crippen LogP contribution in [-0.2, 0) is 17.1 Å². The van der Waals surface area contributed by atoms with Crippen LogP contribution >= 0.6 is 0 Å². The SMILES string of the molecule is COC(=O)c1cc(C(=O)c2ccccc2-c2ccc(C(F)(F)F)cc2)ccc1-c1ccc(C(F)(F)F)cc1. The lowest BCUT2D eigenvalue weighted by Crippen LogP contribution is -2.09. The summed E-state index contributed by atoms with van der Waals surface area (Å²) in [7, 11) is 1.13. The van der Waals surface area contributed by atoms with Crippen molar-refractivity contribution in [2.45, 2.75) is 12.4 Å². The largest absolute Gasteiger partial charge is 0.465 e. The predicted molar refractivity (Wildman–Crippen MR) is 129 cm³/mol. The minimum Gasteiger partial charge on any atom is -0.465 e. The van der Waals surface area contributed by atoms with Crippen LogP contribution in [0, 0.1) is 0 Å². The molecule has 0 aromatic heterocycles. The van der Waals surface area contributed by atoms with E-state index in [9.17, 15) is 35.9 Å². The zero-order valence-corrected chi connectivity index (χ0v) is 19.7. The first-order valence-corrected chi connectivity index (χ1v) is 11.1. The van der Waals surface area contributed by atoms with Crippen LogP contribution in [0.1, 0.15) is 37.4 Å². The van der Waals surface area contributed by atoms with Gasteiger partial charge in [-0.25, -0.2) is 4.79 Å². The number of hydrogen-bond acceptors (Lipinski definition) is 3. The maximum Gasteiger partial charge on any atom is 0.416 e. The number of rotatable bonds is 5. The summed E-state index contributed by atoms with van der Waals surface area (Å²) in [5.74, 6) is -1.31. The molecule has 0 bridgehead atoms. The zero-order valence-electron chi connectivity index (χ0n) is 19.7. The van der Waals surface area contributed by atoms with Gasteiger partial charge in [0.25, 0.3) is 0 Å². The highest BCUT2D eigenvalue weighted by molar-refractivity contribution is 6.14. The molecule has 0 radical (unpaired) electrons. The maximum atomic E-state index is 13.5. The molecule has 0 amide bonds. The zero-order chi connectivity index (χ0) is 27.7. The summed E-state index contributed by atoms with van der Waals surface area (Å²) in [5, 5.41) is 0. The molecule has 0 unspecified atom stereocenters. The van der Waals surface area contributed by atoms with Crippen molar-refractivity contribution in [2.24, 2.45) is 0 Å².